The SMILES string of the molecule is CC(=O)c1cccc(C(C)(C)NC(=O)Nc2ccc(Cl)c(S(=O)(=O)O)c2)c1. The second-order valence-electron chi connectivity index (χ2n) is 6.46. The molecule has 2 aromatic rings. The topological polar surface area (TPSA) is 113 Å². The molecule has 0 bridgehead atoms. The molecule has 0 saturated carbocycles. The summed E-state index contributed by atoms with van der Waals surface area (Å²) in [7, 11) is -4.52. The van der Waals surface area contributed by atoms with Gasteiger partial charge in [-0.3, -0.25) is 9.35 Å². The van der Waals surface area contributed by atoms with E-state index >= 15 is 0 Å². The fraction of sp³-hybridized carbons (Fsp3) is 0.222. The Morgan fingerprint density at radius 1 is 1.11 bits per heavy atom. The monoisotopic (exact) mass is 410 g/mol. The number of ketones is 1. The molecule has 0 atom stereocenters. The van der Waals surface area contributed by atoms with E-state index in [1.165, 1.54) is 19.1 Å². The van der Waals surface area contributed by atoms with Crippen molar-refractivity contribution in [1.82, 2.24) is 5.32 Å². The molecule has 9 heteroatoms. The van der Waals surface area contributed by atoms with Gasteiger partial charge in [0.15, 0.2) is 5.78 Å². The van der Waals surface area contributed by atoms with Gasteiger partial charge in [0.1, 0.15) is 4.90 Å². The summed E-state index contributed by atoms with van der Waals surface area (Å²) in [5.74, 6) is -0.0870. The molecule has 0 radical (unpaired) electrons. The number of amides is 2. The smallest absolute Gasteiger partial charge is 0.319 e. The molecule has 0 aliphatic rings. The maximum absolute atomic E-state index is 12.3. The molecule has 0 fully saturated rings. The fourth-order valence-corrected chi connectivity index (χ4v) is 3.42. The van der Waals surface area contributed by atoms with Gasteiger partial charge in [-0.15, -0.1) is 0 Å². The molecular formula is C18H19ClN2O5S. The van der Waals surface area contributed by atoms with E-state index in [2.05, 4.69) is 10.6 Å². The van der Waals surface area contributed by atoms with E-state index in [-0.39, 0.29) is 16.5 Å². The van der Waals surface area contributed by atoms with Crippen LogP contribution in [0, 0.1) is 0 Å². The minimum atomic E-state index is -4.52. The minimum absolute atomic E-state index is 0.0870. The van der Waals surface area contributed by atoms with Crippen molar-refractivity contribution in [3.05, 3.63) is 58.6 Å². The summed E-state index contributed by atoms with van der Waals surface area (Å²) in [6, 6.07) is 10.0. The van der Waals surface area contributed by atoms with Crippen LogP contribution >= 0.6 is 11.6 Å². The zero-order chi connectivity index (χ0) is 20.4. The number of carbonyl (C=O) groups is 2. The molecular weight excluding hydrogens is 392 g/mol. The van der Waals surface area contributed by atoms with Crippen molar-refractivity contribution in [3.63, 3.8) is 0 Å². The highest BCUT2D eigenvalue weighted by Gasteiger charge is 2.24. The lowest BCUT2D eigenvalue weighted by molar-refractivity contribution is 0.101. The number of carbonyl (C=O) groups excluding carboxylic acids is 2. The van der Waals surface area contributed by atoms with E-state index in [9.17, 15) is 18.0 Å². The molecule has 2 amide bonds. The van der Waals surface area contributed by atoms with Crippen molar-refractivity contribution in [2.75, 3.05) is 5.32 Å². The van der Waals surface area contributed by atoms with E-state index in [0.717, 1.165) is 11.6 Å². The Balaban J connectivity index is 2.20. The van der Waals surface area contributed by atoms with Crippen LogP contribution in [-0.4, -0.2) is 24.8 Å². The van der Waals surface area contributed by atoms with Gasteiger partial charge in [0.25, 0.3) is 10.1 Å². The van der Waals surface area contributed by atoms with Crippen LogP contribution in [0.15, 0.2) is 47.4 Å². The minimum Gasteiger partial charge on any atom is -0.329 e. The molecule has 2 aromatic carbocycles. The molecule has 0 spiro atoms. The van der Waals surface area contributed by atoms with Crippen LogP contribution in [0.5, 0.6) is 0 Å². The van der Waals surface area contributed by atoms with Crippen LogP contribution in [0.4, 0.5) is 10.5 Å². The van der Waals surface area contributed by atoms with Crippen molar-refractivity contribution >= 4 is 39.2 Å². The first-order valence-electron chi connectivity index (χ1n) is 7.88. The van der Waals surface area contributed by atoms with Gasteiger partial charge >= 0.3 is 6.03 Å². The van der Waals surface area contributed by atoms with E-state index in [0.29, 0.717) is 5.56 Å². The number of rotatable bonds is 5. The summed E-state index contributed by atoms with van der Waals surface area (Å²) in [6.45, 7) is 4.98. The van der Waals surface area contributed by atoms with E-state index in [1.807, 2.05) is 0 Å². The van der Waals surface area contributed by atoms with Crippen LogP contribution in [0.3, 0.4) is 0 Å². The summed E-state index contributed by atoms with van der Waals surface area (Å²) >= 11 is 5.75. The fourth-order valence-electron chi connectivity index (χ4n) is 2.42. The predicted molar refractivity (Wildman–Crippen MR) is 103 cm³/mol. The Kier molecular flexibility index (Phi) is 5.94. The van der Waals surface area contributed by atoms with Crippen molar-refractivity contribution in [3.8, 4) is 0 Å². The molecule has 0 heterocycles. The molecule has 7 nitrogen and oxygen atoms in total. The number of hydrogen-bond acceptors (Lipinski definition) is 4. The zero-order valence-electron chi connectivity index (χ0n) is 14.9. The summed E-state index contributed by atoms with van der Waals surface area (Å²) in [4.78, 5) is 23.4. The number of hydrogen-bond donors (Lipinski definition) is 3. The second-order valence-corrected chi connectivity index (χ2v) is 8.26. The lowest BCUT2D eigenvalue weighted by atomic mass is 9.92. The molecule has 2 rings (SSSR count). The maximum atomic E-state index is 12.3. The standard InChI is InChI=1S/C18H19ClN2O5S/c1-11(22)12-5-4-6-13(9-12)18(2,3)21-17(23)20-14-7-8-15(19)16(10-14)27(24,25)26/h4-10H,1-3H3,(H2,20,21,23)(H,24,25,26). The Bertz CT molecular complexity index is 1000. The number of Topliss-reactive ketones (excluding diaryl/α,β-unsaturated/α-hetero) is 1. The third-order valence-corrected chi connectivity index (χ3v) is 5.22. The van der Waals surface area contributed by atoms with Crippen molar-refractivity contribution in [2.24, 2.45) is 0 Å². The van der Waals surface area contributed by atoms with Crippen LogP contribution in [0.1, 0.15) is 36.7 Å². The average molecular weight is 411 g/mol. The number of anilines is 1. The summed E-state index contributed by atoms with van der Waals surface area (Å²) < 4.78 is 31.8. The van der Waals surface area contributed by atoms with Crippen LogP contribution < -0.4 is 10.6 Å². The normalized spacial score (nSPS) is 11.7. The summed E-state index contributed by atoms with van der Waals surface area (Å²) in [5.41, 5.74) is 0.574. The van der Waals surface area contributed by atoms with Gasteiger partial charge in [-0.05, 0) is 50.6 Å². The predicted octanol–water partition coefficient (Wildman–Crippen LogP) is 3.85. The van der Waals surface area contributed by atoms with Gasteiger partial charge in [0.05, 0.1) is 10.6 Å². The lowest BCUT2D eigenvalue weighted by Crippen LogP contribution is -2.43. The molecule has 0 unspecified atom stereocenters. The molecule has 144 valence electrons. The maximum Gasteiger partial charge on any atom is 0.319 e. The van der Waals surface area contributed by atoms with Gasteiger partial charge in [-0.2, -0.15) is 8.42 Å². The molecule has 0 aliphatic carbocycles. The van der Waals surface area contributed by atoms with Crippen molar-refractivity contribution < 1.29 is 22.6 Å². The Morgan fingerprint density at radius 3 is 2.37 bits per heavy atom. The molecule has 0 saturated heterocycles. The molecule has 3 N–H and O–H groups in total. The number of urea groups is 1. The first-order chi connectivity index (χ1) is 12.4. The van der Waals surface area contributed by atoms with Gasteiger partial charge in [-0.1, -0.05) is 29.8 Å². The first-order valence-corrected chi connectivity index (χ1v) is 9.69. The summed E-state index contributed by atoms with van der Waals surface area (Å²) in [5, 5.41) is 5.09. The number of nitrogens with one attached hydrogen (secondary N) is 2. The lowest BCUT2D eigenvalue weighted by Gasteiger charge is -2.27. The Labute approximate surface area is 162 Å². The molecule has 0 aromatic heterocycles. The summed E-state index contributed by atoms with van der Waals surface area (Å²) in [6.07, 6.45) is 0. The van der Waals surface area contributed by atoms with E-state index < -0.39 is 26.6 Å². The third-order valence-electron chi connectivity index (χ3n) is 3.88. The quantitative estimate of drug-likeness (QED) is 0.512. The van der Waals surface area contributed by atoms with Gasteiger partial charge in [0, 0.05) is 11.3 Å². The third kappa shape index (κ3) is 5.29. The number of halogens is 1. The Morgan fingerprint density at radius 2 is 1.78 bits per heavy atom. The van der Waals surface area contributed by atoms with Crippen LogP contribution in [-0.2, 0) is 15.7 Å². The van der Waals surface area contributed by atoms with E-state index in [4.69, 9.17) is 16.2 Å². The highest BCUT2D eigenvalue weighted by Crippen LogP contribution is 2.25. The zero-order valence-corrected chi connectivity index (χ0v) is 16.5. The van der Waals surface area contributed by atoms with Crippen molar-refractivity contribution in [1.29, 1.82) is 0 Å². The van der Waals surface area contributed by atoms with E-state index in [1.54, 1.807) is 38.1 Å². The highest BCUT2D eigenvalue weighted by molar-refractivity contribution is 7.86. The van der Waals surface area contributed by atoms with Crippen LogP contribution in [0.2, 0.25) is 5.02 Å². The molecule has 27 heavy (non-hydrogen) atoms. The van der Waals surface area contributed by atoms with Crippen LogP contribution in [0.25, 0.3) is 0 Å². The van der Waals surface area contributed by atoms with Crippen molar-refractivity contribution in [2.45, 2.75) is 31.2 Å². The van der Waals surface area contributed by atoms with Gasteiger partial charge in [-0.25, -0.2) is 4.79 Å². The van der Waals surface area contributed by atoms with Gasteiger partial charge in [0.2, 0.25) is 0 Å². The van der Waals surface area contributed by atoms with Gasteiger partial charge < -0.3 is 10.6 Å². The highest BCUT2D eigenvalue weighted by atomic mass is 35.5. The number of benzene rings is 2. The average Bonchev–Trinajstić information content (AvgIpc) is 2.55. The largest absolute Gasteiger partial charge is 0.329 e. The Hall–Kier alpha value is -2.42. The first kappa shape index (κ1) is 20.9. The second kappa shape index (κ2) is 7.67. The molecule has 0 aliphatic heterocycles.